The molecule has 1 heterocycles. The van der Waals surface area contributed by atoms with Gasteiger partial charge in [-0.25, -0.2) is 0 Å². The molecule has 0 aliphatic rings. The Morgan fingerprint density at radius 1 is 1.28 bits per heavy atom. The molecule has 2 rings (SSSR count). The Bertz CT molecular complexity index is 522. The van der Waals surface area contributed by atoms with Crippen molar-refractivity contribution < 1.29 is 9.15 Å². The summed E-state index contributed by atoms with van der Waals surface area (Å²) in [6.07, 6.45) is 2.51. The van der Waals surface area contributed by atoms with Crippen LogP contribution in [0.5, 0.6) is 5.75 Å². The first-order valence-corrected chi connectivity index (χ1v) is 6.29. The maximum atomic E-state index is 6.05. The van der Waals surface area contributed by atoms with Gasteiger partial charge in [-0.05, 0) is 36.2 Å². The van der Waals surface area contributed by atoms with E-state index in [1.54, 1.807) is 6.26 Å². The molecular formula is C14H16ClNO2. The molecule has 2 aromatic rings. The number of furan rings is 1. The summed E-state index contributed by atoms with van der Waals surface area (Å²) in [6.45, 7) is 2.89. The van der Waals surface area contributed by atoms with E-state index in [0.29, 0.717) is 13.2 Å². The van der Waals surface area contributed by atoms with Gasteiger partial charge < -0.3 is 14.9 Å². The molecule has 0 amide bonds. The highest BCUT2D eigenvalue weighted by Gasteiger charge is 2.06. The molecule has 0 aliphatic heterocycles. The van der Waals surface area contributed by atoms with Gasteiger partial charge in [0.2, 0.25) is 0 Å². The summed E-state index contributed by atoms with van der Waals surface area (Å²) in [7, 11) is 0. The van der Waals surface area contributed by atoms with Crippen molar-refractivity contribution in [1.29, 1.82) is 0 Å². The fourth-order valence-corrected chi connectivity index (χ4v) is 1.99. The van der Waals surface area contributed by atoms with Gasteiger partial charge in [0.1, 0.15) is 18.1 Å². The average Bonchev–Trinajstić information content (AvgIpc) is 2.85. The molecule has 0 atom stereocenters. The van der Waals surface area contributed by atoms with Gasteiger partial charge in [-0.15, -0.1) is 0 Å². The predicted octanol–water partition coefficient (Wildman–Crippen LogP) is 3.53. The highest BCUT2D eigenvalue weighted by atomic mass is 35.5. The van der Waals surface area contributed by atoms with Crippen LogP contribution in [0, 0.1) is 0 Å². The van der Waals surface area contributed by atoms with E-state index >= 15 is 0 Å². The van der Waals surface area contributed by atoms with Crippen molar-refractivity contribution in [2.24, 2.45) is 5.73 Å². The minimum Gasteiger partial charge on any atom is -0.486 e. The Kier molecular flexibility index (Phi) is 4.28. The molecule has 0 saturated carbocycles. The van der Waals surface area contributed by atoms with Crippen LogP contribution in [0.15, 0.2) is 34.9 Å². The van der Waals surface area contributed by atoms with Crippen molar-refractivity contribution in [2.75, 3.05) is 0 Å². The molecule has 1 aromatic carbocycles. The van der Waals surface area contributed by atoms with Crippen LogP contribution in [0.3, 0.4) is 0 Å². The van der Waals surface area contributed by atoms with E-state index in [0.717, 1.165) is 34.1 Å². The summed E-state index contributed by atoms with van der Waals surface area (Å²) in [6, 6.07) is 7.51. The minimum absolute atomic E-state index is 0.379. The molecular weight excluding hydrogens is 250 g/mol. The number of ether oxygens (including phenoxy) is 1. The Balaban J connectivity index is 2.06. The van der Waals surface area contributed by atoms with Crippen LogP contribution in [0.4, 0.5) is 0 Å². The summed E-state index contributed by atoms with van der Waals surface area (Å²) in [4.78, 5) is 0. The molecule has 0 fully saturated rings. The lowest BCUT2D eigenvalue weighted by Gasteiger charge is -2.08. The van der Waals surface area contributed by atoms with Crippen LogP contribution in [-0.4, -0.2) is 0 Å². The molecule has 2 N–H and O–H groups in total. The predicted molar refractivity (Wildman–Crippen MR) is 71.8 cm³/mol. The number of hydrogen-bond donors (Lipinski definition) is 1. The highest BCUT2D eigenvalue weighted by Crippen LogP contribution is 2.23. The molecule has 0 radical (unpaired) electrons. The second kappa shape index (κ2) is 5.94. The number of nitrogens with two attached hydrogens (primary N) is 1. The zero-order chi connectivity index (χ0) is 13.0. The molecule has 0 unspecified atom stereocenters. The lowest BCUT2D eigenvalue weighted by atomic mass is 10.1. The zero-order valence-electron chi connectivity index (χ0n) is 10.3. The van der Waals surface area contributed by atoms with E-state index in [1.165, 1.54) is 0 Å². The molecule has 4 heteroatoms. The van der Waals surface area contributed by atoms with Crippen LogP contribution in [0.1, 0.15) is 23.8 Å². The van der Waals surface area contributed by atoms with Gasteiger partial charge >= 0.3 is 0 Å². The third-order valence-corrected chi connectivity index (χ3v) is 3.19. The molecule has 0 saturated heterocycles. The number of benzene rings is 1. The van der Waals surface area contributed by atoms with Gasteiger partial charge in [0.25, 0.3) is 0 Å². The van der Waals surface area contributed by atoms with Gasteiger partial charge in [-0.3, -0.25) is 0 Å². The van der Waals surface area contributed by atoms with E-state index in [-0.39, 0.29) is 0 Å². The third kappa shape index (κ3) is 2.86. The summed E-state index contributed by atoms with van der Waals surface area (Å²) >= 11 is 6.05. The normalized spacial score (nSPS) is 10.6. The minimum atomic E-state index is 0.379. The van der Waals surface area contributed by atoms with Crippen LogP contribution in [0.2, 0.25) is 5.02 Å². The number of rotatable bonds is 5. The number of aryl methyl sites for hydroxylation is 1. The first-order chi connectivity index (χ1) is 8.74. The maximum Gasteiger partial charge on any atom is 0.146 e. The van der Waals surface area contributed by atoms with E-state index < -0.39 is 0 Å². The molecule has 0 aliphatic carbocycles. The Hall–Kier alpha value is -1.45. The SMILES string of the molecule is CCc1cc(OCc2occc2CN)ccc1Cl. The quantitative estimate of drug-likeness (QED) is 0.900. The van der Waals surface area contributed by atoms with Crippen molar-refractivity contribution in [3.8, 4) is 5.75 Å². The summed E-state index contributed by atoms with van der Waals surface area (Å²) in [5, 5.41) is 0.769. The Morgan fingerprint density at radius 2 is 2.11 bits per heavy atom. The van der Waals surface area contributed by atoms with Crippen LogP contribution < -0.4 is 10.5 Å². The molecule has 18 heavy (non-hydrogen) atoms. The lowest BCUT2D eigenvalue weighted by molar-refractivity contribution is 0.268. The van der Waals surface area contributed by atoms with Gasteiger partial charge in [0, 0.05) is 17.1 Å². The number of hydrogen-bond acceptors (Lipinski definition) is 3. The topological polar surface area (TPSA) is 48.4 Å². The largest absolute Gasteiger partial charge is 0.486 e. The van der Waals surface area contributed by atoms with Crippen LogP contribution in [0.25, 0.3) is 0 Å². The lowest BCUT2D eigenvalue weighted by Crippen LogP contribution is -2.02. The average molecular weight is 266 g/mol. The Morgan fingerprint density at radius 3 is 2.83 bits per heavy atom. The fourth-order valence-electron chi connectivity index (χ4n) is 1.74. The van der Waals surface area contributed by atoms with Gasteiger partial charge in [0.05, 0.1) is 6.26 Å². The smallest absolute Gasteiger partial charge is 0.146 e. The first-order valence-electron chi connectivity index (χ1n) is 5.91. The second-order valence-corrected chi connectivity index (χ2v) is 4.38. The van der Waals surface area contributed by atoms with E-state index in [4.69, 9.17) is 26.5 Å². The maximum absolute atomic E-state index is 6.05. The van der Waals surface area contributed by atoms with Gasteiger partial charge in [-0.2, -0.15) is 0 Å². The monoisotopic (exact) mass is 265 g/mol. The van der Waals surface area contributed by atoms with Gasteiger partial charge in [0.15, 0.2) is 0 Å². The van der Waals surface area contributed by atoms with E-state index in [2.05, 4.69) is 6.92 Å². The molecule has 0 spiro atoms. The van der Waals surface area contributed by atoms with Crippen molar-refractivity contribution in [3.63, 3.8) is 0 Å². The second-order valence-electron chi connectivity index (χ2n) is 3.97. The van der Waals surface area contributed by atoms with Crippen molar-refractivity contribution in [2.45, 2.75) is 26.5 Å². The van der Waals surface area contributed by atoms with Crippen molar-refractivity contribution >= 4 is 11.6 Å². The standard InChI is InChI=1S/C14H16ClNO2/c1-2-10-7-12(3-4-13(10)15)18-9-14-11(8-16)5-6-17-14/h3-7H,2,8-9,16H2,1H3. The molecule has 96 valence electrons. The van der Waals surface area contributed by atoms with E-state index in [9.17, 15) is 0 Å². The van der Waals surface area contributed by atoms with Crippen molar-refractivity contribution in [1.82, 2.24) is 0 Å². The van der Waals surface area contributed by atoms with Gasteiger partial charge in [-0.1, -0.05) is 18.5 Å². The van der Waals surface area contributed by atoms with E-state index in [1.807, 2.05) is 24.3 Å². The zero-order valence-corrected chi connectivity index (χ0v) is 11.0. The van der Waals surface area contributed by atoms with Crippen molar-refractivity contribution in [3.05, 3.63) is 52.4 Å². The Labute approximate surface area is 111 Å². The molecule has 3 nitrogen and oxygen atoms in total. The summed E-state index contributed by atoms with van der Waals surface area (Å²) < 4.78 is 11.0. The molecule has 1 aromatic heterocycles. The third-order valence-electron chi connectivity index (χ3n) is 2.83. The summed E-state index contributed by atoms with van der Waals surface area (Å²) in [5.74, 6) is 1.56. The molecule has 0 bridgehead atoms. The van der Waals surface area contributed by atoms with Crippen LogP contribution in [-0.2, 0) is 19.6 Å². The highest BCUT2D eigenvalue weighted by molar-refractivity contribution is 6.31. The van der Waals surface area contributed by atoms with Crippen LogP contribution >= 0.6 is 11.6 Å². The summed E-state index contributed by atoms with van der Waals surface area (Å²) in [5.41, 5.74) is 7.65. The first kappa shape index (κ1) is 13.0. The fraction of sp³-hybridized carbons (Fsp3) is 0.286. The number of halogens is 1.